The fourth-order valence-electron chi connectivity index (χ4n) is 1.90. The third-order valence-electron chi connectivity index (χ3n) is 3.11. The molecular weight excluding hydrogens is 274 g/mol. The van der Waals surface area contributed by atoms with Gasteiger partial charge in [0, 0.05) is 19.5 Å². The number of thiazole rings is 1. The van der Waals surface area contributed by atoms with Crippen LogP contribution in [0.15, 0.2) is 11.7 Å². The van der Waals surface area contributed by atoms with Crippen molar-refractivity contribution < 1.29 is 9.36 Å². The molecule has 0 aromatic carbocycles. The highest BCUT2D eigenvalue weighted by molar-refractivity contribution is 7.09. The molecule has 0 bridgehead atoms. The van der Waals surface area contributed by atoms with E-state index in [-0.39, 0.29) is 5.91 Å². The first-order valence-electron chi connectivity index (χ1n) is 6.30. The van der Waals surface area contributed by atoms with Crippen LogP contribution in [-0.4, -0.2) is 15.9 Å². The highest BCUT2D eigenvalue weighted by Gasteiger charge is 2.17. The molecule has 0 saturated carbocycles. The molecule has 0 spiro atoms. The molecule has 1 amide bonds. The van der Waals surface area contributed by atoms with Gasteiger partial charge in [0.05, 0.1) is 10.4 Å². The molecule has 2 heterocycles. The topological polar surface area (TPSA) is 98.8 Å². The maximum Gasteiger partial charge on any atom is 0.225 e. The van der Waals surface area contributed by atoms with Crippen LogP contribution in [0.2, 0.25) is 0 Å². The van der Waals surface area contributed by atoms with Gasteiger partial charge in [-0.05, 0) is 13.3 Å². The summed E-state index contributed by atoms with van der Waals surface area (Å²) in [5, 5.41) is 0. The summed E-state index contributed by atoms with van der Waals surface area (Å²) in [4.78, 5) is 20.3. The molecule has 0 aliphatic carbocycles. The molecule has 0 fully saturated rings. The number of aryl methyl sites for hydroxylation is 2. The zero-order chi connectivity index (χ0) is 14.7. The number of amides is 1. The Labute approximate surface area is 121 Å². The van der Waals surface area contributed by atoms with Crippen LogP contribution in [0.25, 0.3) is 0 Å². The molecule has 20 heavy (non-hydrogen) atoms. The highest BCUT2D eigenvalue weighted by atomic mass is 32.1. The van der Waals surface area contributed by atoms with Gasteiger partial charge in [0.15, 0.2) is 12.2 Å². The second-order valence-corrected chi connectivity index (χ2v) is 5.59. The highest BCUT2D eigenvalue weighted by Crippen LogP contribution is 2.15. The molecule has 2 aromatic heterocycles. The van der Waals surface area contributed by atoms with E-state index in [2.05, 4.69) is 14.5 Å². The van der Waals surface area contributed by atoms with Gasteiger partial charge in [-0.25, -0.2) is 9.97 Å². The molecule has 0 saturated heterocycles. The molecule has 2 aromatic rings. The zero-order valence-electron chi connectivity index (χ0n) is 11.6. The van der Waals surface area contributed by atoms with Gasteiger partial charge in [0.1, 0.15) is 11.6 Å². The molecule has 2 rings (SSSR count). The second-order valence-electron chi connectivity index (χ2n) is 4.65. The van der Waals surface area contributed by atoms with E-state index >= 15 is 0 Å². The Morgan fingerprint density at radius 2 is 2.20 bits per heavy atom. The van der Waals surface area contributed by atoms with E-state index in [1.54, 1.807) is 17.5 Å². The molecule has 106 valence electrons. The lowest BCUT2D eigenvalue weighted by atomic mass is 10.2. The summed E-state index contributed by atoms with van der Waals surface area (Å²) in [5.41, 5.74) is 15.1. The summed E-state index contributed by atoms with van der Waals surface area (Å²) in [5.74, 6) is 0.898. The summed E-state index contributed by atoms with van der Waals surface area (Å²) in [6.07, 6.45) is 2.81. The Bertz CT molecular complexity index is 638. The lowest BCUT2D eigenvalue weighted by molar-refractivity contribution is -0.689. The quantitative estimate of drug-likeness (QED) is 0.783. The molecule has 0 aliphatic rings. The van der Waals surface area contributed by atoms with Crippen LogP contribution < -0.4 is 16.0 Å². The Kier molecular flexibility index (Phi) is 4.29. The number of rotatable bonds is 5. The predicted octanol–water partition coefficient (Wildman–Crippen LogP) is 0.491. The minimum atomic E-state index is -0.277. The van der Waals surface area contributed by atoms with Gasteiger partial charge >= 0.3 is 0 Å². The van der Waals surface area contributed by atoms with Crippen LogP contribution in [0.3, 0.4) is 0 Å². The standard InChI is InChI=1S/C13H17N5OS/c1-8-11(3-4-12(14)19)20-7-18(8)6-10-5-16-9(2)17-13(10)15/h5,7H,3-4,6H2,1-2H3,(H3-,14,15,16,17,19)/p+1. The number of nitrogen functional groups attached to an aromatic ring is 1. The van der Waals surface area contributed by atoms with Crippen LogP contribution >= 0.6 is 11.3 Å². The average molecular weight is 292 g/mol. The normalized spacial score (nSPS) is 10.7. The summed E-state index contributed by atoms with van der Waals surface area (Å²) in [6.45, 7) is 4.47. The van der Waals surface area contributed by atoms with Crippen LogP contribution in [0.5, 0.6) is 0 Å². The lowest BCUT2D eigenvalue weighted by Crippen LogP contribution is -2.35. The van der Waals surface area contributed by atoms with Crippen molar-refractivity contribution in [2.45, 2.75) is 33.2 Å². The molecular formula is C13H18N5OS+. The number of anilines is 1. The average Bonchev–Trinajstić information content (AvgIpc) is 2.72. The van der Waals surface area contributed by atoms with Gasteiger partial charge in [-0.3, -0.25) is 4.79 Å². The number of nitrogens with two attached hydrogens (primary N) is 2. The number of primary amides is 1. The number of aromatic nitrogens is 3. The number of carbonyl (C=O) groups is 1. The minimum absolute atomic E-state index is 0.277. The first kappa shape index (κ1) is 14.4. The monoisotopic (exact) mass is 292 g/mol. The molecule has 0 radical (unpaired) electrons. The van der Waals surface area contributed by atoms with Crippen molar-refractivity contribution in [1.29, 1.82) is 0 Å². The van der Waals surface area contributed by atoms with Crippen LogP contribution in [0.1, 0.15) is 28.4 Å². The van der Waals surface area contributed by atoms with E-state index in [4.69, 9.17) is 11.5 Å². The van der Waals surface area contributed by atoms with Crippen LogP contribution in [0.4, 0.5) is 5.82 Å². The molecule has 0 atom stereocenters. The smallest absolute Gasteiger partial charge is 0.225 e. The Hall–Kier alpha value is -2.02. The van der Waals surface area contributed by atoms with Crippen molar-refractivity contribution >= 4 is 23.1 Å². The molecule has 7 heteroatoms. The fourth-order valence-corrected chi connectivity index (χ4v) is 2.90. The number of nitrogens with zero attached hydrogens (tertiary/aromatic N) is 3. The van der Waals surface area contributed by atoms with Crippen LogP contribution in [0, 0.1) is 13.8 Å². The Morgan fingerprint density at radius 3 is 2.85 bits per heavy atom. The van der Waals surface area contributed by atoms with E-state index in [9.17, 15) is 4.79 Å². The van der Waals surface area contributed by atoms with E-state index in [0.717, 1.165) is 16.1 Å². The first-order chi connectivity index (χ1) is 9.47. The second kappa shape index (κ2) is 5.96. The van der Waals surface area contributed by atoms with Gasteiger partial charge in [-0.1, -0.05) is 11.3 Å². The zero-order valence-corrected chi connectivity index (χ0v) is 12.4. The van der Waals surface area contributed by atoms with Crippen molar-refractivity contribution in [3.05, 3.63) is 33.7 Å². The Morgan fingerprint density at radius 1 is 1.45 bits per heavy atom. The van der Waals surface area contributed by atoms with Crippen molar-refractivity contribution in [1.82, 2.24) is 9.97 Å². The van der Waals surface area contributed by atoms with Gasteiger partial charge in [-0.15, -0.1) is 0 Å². The third-order valence-corrected chi connectivity index (χ3v) is 4.26. The Balaban J connectivity index is 2.15. The van der Waals surface area contributed by atoms with Crippen molar-refractivity contribution in [3.8, 4) is 0 Å². The van der Waals surface area contributed by atoms with E-state index in [1.807, 2.05) is 19.4 Å². The van der Waals surface area contributed by atoms with E-state index in [1.165, 1.54) is 0 Å². The first-order valence-corrected chi connectivity index (χ1v) is 7.18. The maximum atomic E-state index is 10.8. The maximum absolute atomic E-state index is 10.8. The van der Waals surface area contributed by atoms with Crippen molar-refractivity contribution in [2.75, 3.05) is 5.73 Å². The van der Waals surface area contributed by atoms with Gasteiger partial charge in [-0.2, -0.15) is 4.57 Å². The molecule has 6 nitrogen and oxygen atoms in total. The number of carbonyl (C=O) groups excluding carboxylic acids is 1. The SMILES string of the molecule is Cc1ncc(C[n+]2csc(CCC(N)=O)c2C)c(N)n1. The predicted molar refractivity (Wildman–Crippen MR) is 77.0 cm³/mol. The summed E-state index contributed by atoms with van der Waals surface area (Å²) in [7, 11) is 0. The summed E-state index contributed by atoms with van der Waals surface area (Å²) < 4.78 is 2.09. The number of hydrogen-bond donors (Lipinski definition) is 2. The molecule has 0 aliphatic heterocycles. The van der Waals surface area contributed by atoms with Gasteiger partial charge < -0.3 is 11.5 Å². The number of hydrogen-bond acceptors (Lipinski definition) is 5. The fraction of sp³-hybridized carbons (Fsp3) is 0.385. The van der Waals surface area contributed by atoms with E-state index < -0.39 is 0 Å². The summed E-state index contributed by atoms with van der Waals surface area (Å²) in [6, 6.07) is 0. The van der Waals surface area contributed by atoms with Crippen LogP contribution in [-0.2, 0) is 17.8 Å². The lowest BCUT2D eigenvalue weighted by Gasteiger charge is -2.02. The van der Waals surface area contributed by atoms with Gasteiger partial charge in [0.2, 0.25) is 11.4 Å². The minimum Gasteiger partial charge on any atom is -0.383 e. The van der Waals surface area contributed by atoms with Crippen molar-refractivity contribution in [3.63, 3.8) is 0 Å². The largest absolute Gasteiger partial charge is 0.383 e. The molecule has 0 unspecified atom stereocenters. The third kappa shape index (κ3) is 3.30. The summed E-state index contributed by atoms with van der Waals surface area (Å²) >= 11 is 1.62. The van der Waals surface area contributed by atoms with Crippen molar-refractivity contribution in [2.24, 2.45) is 5.73 Å². The van der Waals surface area contributed by atoms with Gasteiger partial charge in [0.25, 0.3) is 0 Å². The van der Waals surface area contributed by atoms with E-state index in [0.29, 0.717) is 31.0 Å². The molecule has 4 N–H and O–H groups in total.